The molecule has 9 heteroatoms. The lowest BCUT2D eigenvalue weighted by atomic mass is 10.1. The predicted octanol–water partition coefficient (Wildman–Crippen LogP) is 5.84. The van der Waals surface area contributed by atoms with Crippen molar-refractivity contribution in [3.05, 3.63) is 52.0 Å². The highest BCUT2D eigenvalue weighted by Gasteiger charge is 2.25. The quantitative estimate of drug-likeness (QED) is 0.197. The maximum atomic E-state index is 15.8. The summed E-state index contributed by atoms with van der Waals surface area (Å²) in [5.74, 6) is -0.556. The molecule has 7 nitrogen and oxygen atoms in total. The zero-order valence-corrected chi connectivity index (χ0v) is 22.0. The number of halogens is 2. The Kier molecular flexibility index (Phi) is 8.41. The lowest BCUT2D eigenvalue weighted by Gasteiger charge is -2.16. The second-order valence-electron chi connectivity index (χ2n) is 9.50. The van der Waals surface area contributed by atoms with Crippen molar-refractivity contribution in [1.29, 1.82) is 0 Å². The number of nitrogens with zero attached hydrogens (tertiary/aromatic N) is 2. The van der Waals surface area contributed by atoms with Crippen LogP contribution in [0.2, 0.25) is 0 Å². The van der Waals surface area contributed by atoms with Gasteiger partial charge in [-0.05, 0) is 74.9 Å². The molecule has 1 fully saturated rings. The van der Waals surface area contributed by atoms with Crippen LogP contribution in [0.4, 0.5) is 15.8 Å². The van der Waals surface area contributed by atoms with E-state index in [0.29, 0.717) is 36.3 Å². The van der Waals surface area contributed by atoms with Gasteiger partial charge >= 0.3 is 0 Å². The van der Waals surface area contributed by atoms with Crippen LogP contribution in [0.5, 0.6) is 0 Å². The summed E-state index contributed by atoms with van der Waals surface area (Å²) in [5.41, 5.74) is 5.21. The number of rotatable bonds is 12. The minimum atomic E-state index is -0.558. The van der Waals surface area contributed by atoms with Crippen LogP contribution >= 0.6 is 15.9 Å². The number of anilines is 2. The number of carbonyl (C=O) groups excluding carboxylic acids is 1. The lowest BCUT2D eigenvalue weighted by Crippen LogP contribution is -2.26. The van der Waals surface area contributed by atoms with E-state index in [1.54, 1.807) is 12.4 Å². The Morgan fingerprint density at radius 2 is 2.09 bits per heavy atom. The molecule has 3 aromatic rings. The molecule has 0 radical (unpaired) electrons. The van der Waals surface area contributed by atoms with E-state index in [-0.39, 0.29) is 16.8 Å². The number of aryl methyl sites for hydroxylation is 2. The molecule has 35 heavy (non-hydrogen) atoms. The molecule has 0 aliphatic heterocycles. The molecule has 1 aromatic heterocycles. The van der Waals surface area contributed by atoms with Crippen LogP contribution in [0, 0.1) is 18.7 Å². The van der Waals surface area contributed by atoms with E-state index in [0.717, 1.165) is 42.3 Å². The highest BCUT2D eigenvalue weighted by Crippen LogP contribution is 2.33. The first kappa shape index (κ1) is 25.6. The molecular formula is C26H33BrFN5O2. The third kappa shape index (κ3) is 6.59. The number of imidazole rings is 1. The fourth-order valence-corrected chi connectivity index (χ4v) is 4.38. The van der Waals surface area contributed by atoms with Crippen LogP contribution in [-0.4, -0.2) is 34.7 Å². The second-order valence-corrected chi connectivity index (χ2v) is 10.4. The van der Waals surface area contributed by atoms with Crippen molar-refractivity contribution in [2.45, 2.75) is 59.0 Å². The first-order valence-corrected chi connectivity index (χ1v) is 13.0. The van der Waals surface area contributed by atoms with Crippen molar-refractivity contribution in [2.75, 3.05) is 18.5 Å². The lowest BCUT2D eigenvalue weighted by molar-refractivity contribution is 0.0271. The van der Waals surface area contributed by atoms with Gasteiger partial charge in [-0.3, -0.25) is 9.63 Å². The number of benzene rings is 2. The van der Waals surface area contributed by atoms with Crippen LogP contribution in [0.15, 0.2) is 35.1 Å². The average Bonchev–Trinajstić information content (AvgIpc) is 3.54. The van der Waals surface area contributed by atoms with Gasteiger partial charge in [-0.1, -0.05) is 29.8 Å². The van der Waals surface area contributed by atoms with Crippen molar-refractivity contribution >= 4 is 44.2 Å². The molecule has 3 N–H and O–H groups in total. The molecule has 0 spiro atoms. The number of hydroxylamine groups is 1. The Bertz CT molecular complexity index is 1190. The van der Waals surface area contributed by atoms with Crippen LogP contribution in [0.1, 0.15) is 55.5 Å². The summed E-state index contributed by atoms with van der Waals surface area (Å²) < 4.78 is 18.6. The van der Waals surface area contributed by atoms with Crippen molar-refractivity contribution in [3.63, 3.8) is 0 Å². The smallest absolute Gasteiger partial charge is 0.277 e. The molecule has 1 saturated carbocycles. The molecule has 2 aromatic carbocycles. The molecule has 1 aliphatic carbocycles. The Morgan fingerprint density at radius 3 is 2.80 bits per heavy atom. The van der Waals surface area contributed by atoms with Crippen LogP contribution in [0.25, 0.3) is 11.0 Å². The third-order valence-corrected chi connectivity index (χ3v) is 6.60. The van der Waals surface area contributed by atoms with Gasteiger partial charge in [0.15, 0.2) is 5.82 Å². The Labute approximate surface area is 213 Å². The summed E-state index contributed by atoms with van der Waals surface area (Å²) in [6.07, 6.45) is 5.77. The van der Waals surface area contributed by atoms with Gasteiger partial charge in [0, 0.05) is 22.7 Å². The SMILES string of the molecule is Cc1cc(Br)ccc1Nc1c(C(=O)NOCC2CC2)cc2c(ncn2CCCCNC(C)C)c1F. The van der Waals surface area contributed by atoms with Gasteiger partial charge in [-0.15, -0.1) is 0 Å². The molecule has 1 aliphatic rings. The van der Waals surface area contributed by atoms with E-state index in [1.165, 1.54) is 0 Å². The van der Waals surface area contributed by atoms with E-state index in [2.05, 4.69) is 50.9 Å². The first-order valence-electron chi connectivity index (χ1n) is 12.2. The number of hydrogen-bond donors (Lipinski definition) is 3. The summed E-state index contributed by atoms with van der Waals surface area (Å²) in [6.45, 7) is 8.24. The van der Waals surface area contributed by atoms with Gasteiger partial charge in [0.25, 0.3) is 5.91 Å². The number of carbonyl (C=O) groups is 1. The van der Waals surface area contributed by atoms with Gasteiger partial charge in [-0.2, -0.15) is 0 Å². The summed E-state index contributed by atoms with van der Waals surface area (Å²) in [4.78, 5) is 22.8. The standard InChI is InChI=1S/C26H33BrFN5O2/c1-16(2)29-10-4-5-11-33-15-30-25-22(33)13-20(26(34)32-35-14-18-6-7-18)24(23(25)28)31-21-9-8-19(27)12-17(21)3/h8-9,12-13,15-16,18,29,31H,4-7,10-11,14H2,1-3H3,(H,32,34). The number of hydrogen-bond acceptors (Lipinski definition) is 5. The summed E-state index contributed by atoms with van der Waals surface area (Å²) in [6, 6.07) is 7.79. The fraction of sp³-hybridized carbons (Fsp3) is 0.462. The second kappa shape index (κ2) is 11.5. The molecule has 0 saturated heterocycles. The highest BCUT2D eigenvalue weighted by molar-refractivity contribution is 9.10. The van der Waals surface area contributed by atoms with Crippen molar-refractivity contribution in [2.24, 2.45) is 5.92 Å². The molecule has 1 heterocycles. The van der Waals surface area contributed by atoms with E-state index in [1.807, 2.05) is 29.7 Å². The molecule has 188 valence electrons. The predicted molar refractivity (Wildman–Crippen MR) is 140 cm³/mol. The number of amides is 1. The van der Waals surface area contributed by atoms with E-state index >= 15 is 4.39 Å². The van der Waals surface area contributed by atoms with Crippen molar-refractivity contribution < 1.29 is 14.0 Å². The summed E-state index contributed by atoms with van der Waals surface area (Å²) >= 11 is 3.45. The maximum absolute atomic E-state index is 15.8. The van der Waals surface area contributed by atoms with Gasteiger partial charge in [0.05, 0.1) is 29.7 Å². The summed E-state index contributed by atoms with van der Waals surface area (Å²) in [5, 5.41) is 6.53. The van der Waals surface area contributed by atoms with E-state index in [4.69, 9.17) is 4.84 Å². The number of unbranched alkanes of at least 4 members (excludes halogenated alkanes) is 1. The average molecular weight is 546 g/mol. The molecule has 1 amide bonds. The van der Waals surface area contributed by atoms with Gasteiger partial charge in [0.2, 0.25) is 0 Å². The van der Waals surface area contributed by atoms with Crippen LogP contribution < -0.4 is 16.1 Å². The molecular weight excluding hydrogens is 513 g/mol. The minimum absolute atomic E-state index is 0.0850. The Morgan fingerprint density at radius 1 is 1.29 bits per heavy atom. The van der Waals surface area contributed by atoms with Crippen LogP contribution in [0.3, 0.4) is 0 Å². The largest absolute Gasteiger partial charge is 0.352 e. The Hall–Kier alpha value is -2.49. The number of fused-ring (bicyclic) bond motifs is 1. The van der Waals surface area contributed by atoms with Crippen molar-refractivity contribution in [1.82, 2.24) is 20.3 Å². The number of nitrogens with one attached hydrogen (secondary N) is 3. The van der Waals surface area contributed by atoms with E-state index < -0.39 is 11.7 Å². The molecule has 0 bridgehead atoms. The van der Waals surface area contributed by atoms with Crippen LogP contribution in [-0.2, 0) is 11.4 Å². The summed E-state index contributed by atoms with van der Waals surface area (Å²) in [7, 11) is 0. The molecule has 0 unspecified atom stereocenters. The van der Waals surface area contributed by atoms with Crippen molar-refractivity contribution in [3.8, 4) is 0 Å². The zero-order chi connectivity index (χ0) is 24.9. The monoisotopic (exact) mass is 545 g/mol. The maximum Gasteiger partial charge on any atom is 0.277 e. The molecule has 0 atom stereocenters. The van der Waals surface area contributed by atoms with Gasteiger partial charge < -0.3 is 15.2 Å². The minimum Gasteiger partial charge on any atom is -0.352 e. The van der Waals surface area contributed by atoms with E-state index in [9.17, 15) is 4.79 Å². The molecule has 4 rings (SSSR count). The van der Waals surface area contributed by atoms with Gasteiger partial charge in [-0.25, -0.2) is 14.9 Å². The highest BCUT2D eigenvalue weighted by atomic mass is 79.9. The van der Waals surface area contributed by atoms with Gasteiger partial charge in [0.1, 0.15) is 5.52 Å². The third-order valence-electron chi connectivity index (χ3n) is 6.11. The normalized spacial score (nSPS) is 13.5. The Balaban J connectivity index is 1.62. The fourth-order valence-electron chi connectivity index (χ4n) is 3.90. The topological polar surface area (TPSA) is 80.2 Å². The first-order chi connectivity index (χ1) is 16.8. The zero-order valence-electron chi connectivity index (χ0n) is 20.5. The number of aromatic nitrogens is 2.